The maximum atomic E-state index is 4.65. The Balaban J connectivity index is 1.44. The van der Waals surface area contributed by atoms with E-state index in [9.17, 15) is 0 Å². The molecule has 6 heteroatoms. The molecule has 0 aliphatic carbocycles. The lowest BCUT2D eigenvalue weighted by Crippen LogP contribution is -2.45. The molecule has 4 rings (SSSR count). The minimum atomic E-state index is 0.802. The molecule has 0 amide bonds. The number of fused-ring (bicyclic) bond motifs is 1. The molecule has 2 N–H and O–H groups in total. The molecule has 0 atom stereocenters. The molecule has 25 heavy (non-hydrogen) atoms. The van der Waals surface area contributed by atoms with Crippen LogP contribution in [0.15, 0.2) is 42.7 Å². The van der Waals surface area contributed by atoms with E-state index in [1.165, 1.54) is 11.1 Å². The largest absolute Gasteiger partial charge is 0.354 e. The van der Waals surface area contributed by atoms with Gasteiger partial charge in [0, 0.05) is 56.4 Å². The summed E-state index contributed by atoms with van der Waals surface area (Å²) in [6.07, 6.45) is 3.76. The number of pyridine rings is 1. The van der Waals surface area contributed by atoms with E-state index >= 15 is 0 Å². The summed E-state index contributed by atoms with van der Waals surface area (Å²) in [4.78, 5) is 9.40. The minimum absolute atomic E-state index is 0.802. The van der Waals surface area contributed by atoms with Crippen LogP contribution in [0.5, 0.6) is 0 Å². The number of benzene rings is 1. The number of aromatic nitrogens is 3. The van der Waals surface area contributed by atoms with Gasteiger partial charge < -0.3 is 15.1 Å². The zero-order valence-electron chi connectivity index (χ0n) is 14.6. The molecule has 0 saturated carbocycles. The number of piperazine rings is 1. The molecule has 0 bridgehead atoms. The first kappa shape index (κ1) is 16.1. The van der Waals surface area contributed by atoms with Crippen LogP contribution in [0.3, 0.4) is 0 Å². The first-order valence-electron chi connectivity index (χ1n) is 8.80. The van der Waals surface area contributed by atoms with E-state index in [0.29, 0.717) is 0 Å². The predicted molar refractivity (Wildman–Crippen MR) is 101 cm³/mol. The van der Waals surface area contributed by atoms with E-state index in [2.05, 4.69) is 61.6 Å². The van der Waals surface area contributed by atoms with Crippen molar-refractivity contribution in [3.05, 3.63) is 53.9 Å². The summed E-state index contributed by atoms with van der Waals surface area (Å²) >= 11 is 0. The summed E-state index contributed by atoms with van der Waals surface area (Å²) in [6, 6.07) is 10.5. The average Bonchev–Trinajstić information content (AvgIpc) is 3.13. The Bertz CT molecular complexity index is 835. The molecule has 1 aliphatic rings. The van der Waals surface area contributed by atoms with Crippen LogP contribution < -0.4 is 10.2 Å². The fourth-order valence-corrected chi connectivity index (χ4v) is 3.38. The summed E-state index contributed by atoms with van der Waals surface area (Å²) in [6.45, 7) is 5.86. The molecule has 1 fully saturated rings. The highest BCUT2D eigenvalue weighted by Gasteiger charge is 2.17. The molecule has 1 aromatic carbocycles. The summed E-state index contributed by atoms with van der Waals surface area (Å²) < 4.78 is 0. The summed E-state index contributed by atoms with van der Waals surface area (Å²) in [5, 5.41) is 11.9. The van der Waals surface area contributed by atoms with Crippen LogP contribution in [0.1, 0.15) is 11.1 Å². The number of anilines is 1. The van der Waals surface area contributed by atoms with Crippen molar-refractivity contribution in [2.45, 2.75) is 13.1 Å². The predicted octanol–water partition coefficient (Wildman–Crippen LogP) is 2.00. The average molecular weight is 336 g/mol. The Hall–Kier alpha value is -2.44. The van der Waals surface area contributed by atoms with Gasteiger partial charge in [0.15, 0.2) is 0 Å². The third-order valence-corrected chi connectivity index (χ3v) is 4.86. The number of nitrogens with one attached hydrogen (secondary N) is 2. The van der Waals surface area contributed by atoms with Gasteiger partial charge in [0.1, 0.15) is 5.82 Å². The molecule has 2 aromatic heterocycles. The number of nitrogens with zero attached hydrogens (tertiary/aromatic N) is 4. The van der Waals surface area contributed by atoms with Gasteiger partial charge >= 0.3 is 0 Å². The van der Waals surface area contributed by atoms with Gasteiger partial charge in [0.05, 0.1) is 11.7 Å². The maximum absolute atomic E-state index is 4.65. The minimum Gasteiger partial charge on any atom is -0.354 e. The van der Waals surface area contributed by atoms with Crippen LogP contribution in [-0.2, 0) is 13.1 Å². The zero-order valence-corrected chi connectivity index (χ0v) is 14.6. The fourth-order valence-electron chi connectivity index (χ4n) is 3.38. The highest BCUT2D eigenvalue weighted by molar-refractivity contribution is 5.81. The van der Waals surface area contributed by atoms with Crippen molar-refractivity contribution in [1.29, 1.82) is 0 Å². The van der Waals surface area contributed by atoms with Gasteiger partial charge in [-0.1, -0.05) is 24.3 Å². The fraction of sp³-hybridized carbons (Fsp3) is 0.368. The van der Waals surface area contributed by atoms with Crippen LogP contribution in [0, 0.1) is 0 Å². The van der Waals surface area contributed by atoms with Gasteiger partial charge in [-0.15, -0.1) is 0 Å². The van der Waals surface area contributed by atoms with Gasteiger partial charge in [0.25, 0.3) is 0 Å². The van der Waals surface area contributed by atoms with Crippen molar-refractivity contribution in [3.63, 3.8) is 0 Å². The van der Waals surface area contributed by atoms with Crippen molar-refractivity contribution < 1.29 is 0 Å². The quantitative estimate of drug-likeness (QED) is 0.746. The second-order valence-electron chi connectivity index (χ2n) is 6.63. The number of aromatic amines is 1. The van der Waals surface area contributed by atoms with Gasteiger partial charge in [-0.3, -0.25) is 5.10 Å². The number of hydrogen-bond acceptors (Lipinski definition) is 5. The van der Waals surface area contributed by atoms with Gasteiger partial charge in [0.2, 0.25) is 0 Å². The van der Waals surface area contributed by atoms with E-state index in [0.717, 1.165) is 56.0 Å². The molecule has 0 unspecified atom stereocenters. The van der Waals surface area contributed by atoms with Crippen LogP contribution in [0.2, 0.25) is 0 Å². The molecule has 1 aliphatic heterocycles. The van der Waals surface area contributed by atoms with Crippen LogP contribution in [-0.4, -0.2) is 53.3 Å². The Morgan fingerprint density at radius 2 is 1.84 bits per heavy atom. The zero-order chi connectivity index (χ0) is 17.1. The highest BCUT2D eigenvalue weighted by atomic mass is 15.3. The SMILES string of the molecule is CN1CCN(c2ncccc2CNCc2cccc3cn[nH]c23)CC1. The molecule has 1 saturated heterocycles. The third kappa shape index (κ3) is 3.50. The molecule has 3 aromatic rings. The van der Waals surface area contributed by atoms with E-state index in [-0.39, 0.29) is 0 Å². The smallest absolute Gasteiger partial charge is 0.133 e. The highest BCUT2D eigenvalue weighted by Crippen LogP contribution is 2.19. The van der Waals surface area contributed by atoms with Crippen molar-refractivity contribution in [1.82, 2.24) is 25.4 Å². The summed E-state index contributed by atoms with van der Waals surface area (Å²) in [5.74, 6) is 1.11. The Morgan fingerprint density at radius 3 is 2.72 bits per heavy atom. The Kier molecular flexibility index (Phi) is 4.63. The number of rotatable bonds is 5. The first-order chi connectivity index (χ1) is 12.3. The van der Waals surface area contributed by atoms with Gasteiger partial charge in [-0.05, 0) is 18.7 Å². The standard InChI is InChI=1S/C19H24N6/c1-24-8-10-25(11-9-24)19-17(6-3-7-21-19)13-20-12-15-4-2-5-16-14-22-23-18(15)16/h2-7,14,20H,8-13H2,1H3,(H,22,23). The second-order valence-corrected chi connectivity index (χ2v) is 6.63. The van der Waals surface area contributed by atoms with Crippen LogP contribution in [0.25, 0.3) is 10.9 Å². The van der Waals surface area contributed by atoms with Gasteiger partial charge in [-0.2, -0.15) is 5.10 Å². The molecule has 130 valence electrons. The van der Waals surface area contributed by atoms with Crippen LogP contribution in [0.4, 0.5) is 5.82 Å². The van der Waals surface area contributed by atoms with Crippen LogP contribution >= 0.6 is 0 Å². The maximum Gasteiger partial charge on any atom is 0.133 e. The molecule has 0 spiro atoms. The number of hydrogen-bond donors (Lipinski definition) is 2. The van der Waals surface area contributed by atoms with E-state index < -0.39 is 0 Å². The van der Waals surface area contributed by atoms with Crippen molar-refractivity contribution in [2.75, 3.05) is 38.1 Å². The van der Waals surface area contributed by atoms with E-state index in [4.69, 9.17) is 0 Å². The normalized spacial score (nSPS) is 15.8. The third-order valence-electron chi connectivity index (χ3n) is 4.86. The lowest BCUT2D eigenvalue weighted by molar-refractivity contribution is 0.311. The molecular formula is C19H24N6. The number of H-pyrrole nitrogens is 1. The van der Waals surface area contributed by atoms with E-state index in [1.807, 2.05) is 18.5 Å². The monoisotopic (exact) mass is 336 g/mol. The first-order valence-corrected chi connectivity index (χ1v) is 8.80. The number of para-hydroxylation sites is 1. The summed E-state index contributed by atoms with van der Waals surface area (Å²) in [7, 11) is 2.17. The lowest BCUT2D eigenvalue weighted by Gasteiger charge is -2.34. The Morgan fingerprint density at radius 1 is 1.04 bits per heavy atom. The topological polar surface area (TPSA) is 60.1 Å². The molecular weight excluding hydrogens is 312 g/mol. The Labute approximate surface area is 147 Å². The molecule has 6 nitrogen and oxygen atoms in total. The van der Waals surface area contributed by atoms with Crippen molar-refractivity contribution >= 4 is 16.7 Å². The van der Waals surface area contributed by atoms with E-state index in [1.54, 1.807) is 0 Å². The van der Waals surface area contributed by atoms with Crippen molar-refractivity contribution in [2.24, 2.45) is 0 Å². The summed E-state index contributed by atoms with van der Waals surface area (Å²) in [5.41, 5.74) is 3.60. The van der Waals surface area contributed by atoms with Crippen molar-refractivity contribution in [3.8, 4) is 0 Å². The number of likely N-dealkylation sites (N-methyl/N-ethyl adjacent to an activating group) is 1. The lowest BCUT2D eigenvalue weighted by atomic mass is 10.1. The second kappa shape index (κ2) is 7.21. The molecule has 0 radical (unpaired) electrons. The molecule has 3 heterocycles. The van der Waals surface area contributed by atoms with Gasteiger partial charge in [-0.25, -0.2) is 4.98 Å².